The van der Waals surface area contributed by atoms with Crippen molar-refractivity contribution < 1.29 is 28.6 Å². The van der Waals surface area contributed by atoms with Crippen LogP contribution in [0.25, 0.3) is 0 Å². The second-order valence-corrected chi connectivity index (χ2v) is 19.5. The van der Waals surface area contributed by atoms with Gasteiger partial charge in [-0.2, -0.15) is 0 Å². The van der Waals surface area contributed by atoms with Gasteiger partial charge < -0.3 is 14.2 Å². The molecule has 0 aromatic carbocycles. The van der Waals surface area contributed by atoms with Crippen LogP contribution in [0.15, 0.2) is 85.1 Å². The van der Waals surface area contributed by atoms with Gasteiger partial charge in [0.2, 0.25) is 0 Å². The molecule has 0 aliphatic carbocycles. The highest BCUT2D eigenvalue weighted by atomic mass is 16.6. The summed E-state index contributed by atoms with van der Waals surface area (Å²) >= 11 is 0. The van der Waals surface area contributed by atoms with Crippen molar-refractivity contribution in [1.29, 1.82) is 0 Å². The molecule has 0 rings (SSSR count). The van der Waals surface area contributed by atoms with E-state index in [9.17, 15) is 14.4 Å². The number of allylic oxidation sites excluding steroid dienone is 14. The molecule has 0 bridgehead atoms. The molecule has 402 valence electrons. The zero-order valence-electron chi connectivity index (χ0n) is 46.0. The zero-order valence-corrected chi connectivity index (χ0v) is 46.0. The summed E-state index contributed by atoms with van der Waals surface area (Å²) in [5, 5.41) is 0. The lowest BCUT2D eigenvalue weighted by Gasteiger charge is -2.18. The predicted octanol–water partition coefficient (Wildman–Crippen LogP) is 19.9. The quantitative estimate of drug-likeness (QED) is 0.0261. The average molecular weight is 976 g/mol. The van der Waals surface area contributed by atoms with Crippen LogP contribution in [0.2, 0.25) is 0 Å². The topological polar surface area (TPSA) is 78.9 Å². The Morgan fingerprint density at radius 3 is 0.929 bits per heavy atom. The van der Waals surface area contributed by atoms with Gasteiger partial charge in [-0.1, -0.05) is 254 Å². The van der Waals surface area contributed by atoms with E-state index in [-0.39, 0.29) is 31.1 Å². The minimum atomic E-state index is -0.797. The van der Waals surface area contributed by atoms with E-state index in [0.717, 1.165) is 103 Å². The van der Waals surface area contributed by atoms with Crippen LogP contribution in [-0.2, 0) is 28.6 Å². The molecule has 0 aliphatic heterocycles. The van der Waals surface area contributed by atoms with Gasteiger partial charge in [0, 0.05) is 19.3 Å². The second kappa shape index (κ2) is 58.2. The van der Waals surface area contributed by atoms with Gasteiger partial charge in [0.15, 0.2) is 6.10 Å². The molecule has 0 fully saturated rings. The van der Waals surface area contributed by atoms with Crippen LogP contribution < -0.4 is 0 Å². The van der Waals surface area contributed by atoms with Gasteiger partial charge in [-0.15, -0.1) is 0 Å². The summed E-state index contributed by atoms with van der Waals surface area (Å²) in [7, 11) is 0. The Morgan fingerprint density at radius 2 is 0.557 bits per heavy atom. The van der Waals surface area contributed by atoms with Gasteiger partial charge in [-0.25, -0.2) is 0 Å². The predicted molar refractivity (Wildman–Crippen MR) is 302 cm³/mol. The summed E-state index contributed by atoms with van der Waals surface area (Å²) < 4.78 is 16.8. The number of carbonyl (C=O) groups is 3. The first-order valence-electron chi connectivity index (χ1n) is 29.6. The smallest absolute Gasteiger partial charge is 0.306 e. The Hall–Kier alpha value is -3.41. The monoisotopic (exact) mass is 975 g/mol. The Morgan fingerprint density at radius 1 is 0.300 bits per heavy atom. The van der Waals surface area contributed by atoms with E-state index in [0.29, 0.717) is 19.3 Å². The zero-order chi connectivity index (χ0) is 50.7. The number of carbonyl (C=O) groups excluding carboxylic acids is 3. The van der Waals surface area contributed by atoms with E-state index < -0.39 is 6.10 Å². The van der Waals surface area contributed by atoms with Gasteiger partial charge in [-0.3, -0.25) is 14.4 Å². The lowest BCUT2D eigenvalue weighted by atomic mass is 10.0. The molecule has 0 radical (unpaired) electrons. The van der Waals surface area contributed by atoms with Crippen LogP contribution in [0.3, 0.4) is 0 Å². The molecule has 1 unspecified atom stereocenters. The van der Waals surface area contributed by atoms with Crippen LogP contribution >= 0.6 is 0 Å². The van der Waals surface area contributed by atoms with Crippen molar-refractivity contribution in [3.63, 3.8) is 0 Å². The van der Waals surface area contributed by atoms with Gasteiger partial charge >= 0.3 is 17.9 Å². The molecular weight excluding hydrogens is 865 g/mol. The summed E-state index contributed by atoms with van der Waals surface area (Å²) in [6.07, 6.45) is 75.8. The van der Waals surface area contributed by atoms with Crippen molar-refractivity contribution >= 4 is 17.9 Å². The molecule has 0 aromatic rings. The van der Waals surface area contributed by atoms with E-state index in [4.69, 9.17) is 14.2 Å². The molecule has 0 aromatic heterocycles. The third kappa shape index (κ3) is 55.5. The maximum Gasteiger partial charge on any atom is 0.306 e. The Bertz CT molecular complexity index is 1350. The molecule has 0 spiro atoms. The summed E-state index contributed by atoms with van der Waals surface area (Å²) in [5.41, 5.74) is 0. The number of rotatable bonds is 53. The number of esters is 3. The molecule has 0 heterocycles. The summed E-state index contributed by atoms with van der Waals surface area (Å²) in [6.45, 7) is 6.49. The lowest BCUT2D eigenvalue weighted by Crippen LogP contribution is -2.30. The molecule has 70 heavy (non-hydrogen) atoms. The van der Waals surface area contributed by atoms with Crippen molar-refractivity contribution in [3.05, 3.63) is 85.1 Å². The summed E-state index contributed by atoms with van der Waals surface area (Å²) in [6, 6.07) is 0. The first kappa shape index (κ1) is 66.6. The molecule has 6 nitrogen and oxygen atoms in total. The van der Waals surface area contributed by atoms with E-state index in [1.165, 1.54) is 141 Å². The third-order valence-corrected chi connectivity index (χ3v) is 12.6. The first-order chi connectivity index (χ1) is 34.5. The summed E-state index contributed by atoms with van der Waals surface area (Å²) in [4.78, 5) is 38.2. The van der Waals surface area contributed by atoms with Crippen molar-refractivity contribution in [1.82, 2.24) is 0 Å². The Balaban J connectivity index is 4.43. The fourth-order valence-electron chi connectivity index (χ4n) is 8.21. The Kier molecular flexibility index (Phi) is 55.3. The number of hydrogen-bond acceptors (Lipinski definition) is 6. The van der Waals surface area contributed by atoms with Crippen LogP contribution in [-0.4, -0.2) is 37.2 Å². The van der Waals surface area contributed by atoms with E-state index in [1.54, 1.807) is 0 Å². The highest BCUT2D eigenvalue weighted by molar-refractivity contribution is 5.71. The second-order valence-electron chi connectivity index (χ2n) is 19.5. The molecule has 6 heteroatoms. The summed E-state index contributed by atoms with van der Waals surface area (Å²) in [5.74, 6) is -0.936. The van der Waals surface area contributed by atoms with Crippen molar-refractivity contribution in [2.75, 3.05) is 13.2 Å². The minimum Gasteiger partial charge on any atom is -0.462 e. The normalized spacial score (nSPS) is 12.7. The van der Waals surface area contributed by atoms with Crippen LogP contribution in [0, 0.1) is 0 Å². The molecule has 0 N–H and O–H groups in total. The molecular formula is C64H110O6. The van der Waals surface area contributed by atoms with Crippen molar-refractivity contribution in [3.8, 4) is 0 Å². The van der Waals surface area contributed by atoms with Crippen molar-refractivity contribution in [2.45, 2.75) is 290 Å². The average Bonchev–Trinajstić information content (AvgIpc) is 3.36. The number of ether oxygens (including phenoxy) is 3. The standard InChI is InChI=1S/C64H110O6/c1-4-7-10-13-16-19-22-25-27-29-31-32-33-35-36-39-42-45-48-51-54-57-63(66)69-60-61(59-68-62(65)56-53-50-47-44-41-38-24-21-18-15-12-9-6-3)70-64(67)58-55-52-49-46-43-40-37-34-30-28-26-23-20-17-14-11-8-5-2/h7,10,16,19,21,24-25,27,31-32,35-36,42,45,61H,4-6,8-9,11-15,17-18,20,22-23,26,28-30,33-34,37-41,43-44,46-60H2,1-3H3/b10-7-,19-16-,24-21-,27-25-,32-31-,36-35-,45-42-. The minimum absolute atomic E-state index is 0.0928. The van der Waals surface area contributed by atoms with Gasteiger partial charge in [0.1, 0.15) is 13.2 Å². The van der Waals surface area contributed by atoms with Gasteiger partial charge in [-0.05, 0) is 96.3 Å². The lowest BCUT2D eigenvalue weighted by molar-refractivity contribution is -0.167. The van der Waals surface area contributed by atoms with E-state index in [1.807, 2.05) is 0 Å². The third-order valence-electron chi connectivity index (χ3n) is 12.6. The maximum absolute atomic E-state index is 12.9. The number of unbranched alkanes of at least 4 members (excludes halogenated alkanes) is 28. The first-order valence-corrected chi connectivity index (χ1v) is 29.6. The fraction of sp³-hybridized carbons (Fsp3) is 0.734. The molecule has 0 saturated heterocycles. The van der Waals surface area contributed by atoms with Crippen LogP contribution in [0.5, 0.6) is 0 Å². The number of hydrogen-bond donors (Lipinski definition) is 0. The molecule has 0 saturated carbocycles. The van der Waals surface area contributed by atoms with Crippen molar-refractivity contribution in [2.24, 2.45) is 0 Å². The Labute approximate surface area is 433 Å². The largest absolute Gasteiger partial charge is 0.462 e. The molecule has 0 aliphatic rings. The maximum atomic E-state index is 12.9. The van der Waals surface area contributed by atoms with Crippen LogP contribution in [0.4, 0.5) is 0 Å². The molecule has 0 amide bonds. The van der Waals surface area contributed by atoms with E-state index >= 15 is 0 Å². The highest BCUT2D eigenvalue weighted by Crippen LogP contribution is 2.16. The van der Waals surface area contributed by atoms with E-state index in [2.05, 4.69) is 106 Å². The highest BCUT2D eigenvalue weighted by Gasteiger charge is 2.19. The SMILES string of the molecule is CC/C=C\C/C=C\C/C=C\C/C=C\C/C=C\C/C=C\CCCCC(=O)OCC(COC(=O)CCCCCCC/C=C\CCCCCC)OC(=O)CCCCCCCCCCCCCCCCCCCC. The fourth-order valence-corrected chi connectivity index (χ4v) is 8.21. The van der Waals surface area contributed by atoms with Crippen LogP contribution in [0.1, 0.15) is 284 Å². The van der Waals surface area contributed by atoms with Gasteiger partial charge in [0.05, 0.1) is 0 Å². The van der Waals surface area contributed by atoms with Gasteiger partial charge in [0.25, 0.3) is 0 Å². The molecule has 1 atom stereocenters.